The van der Waals surface area contributed by atoms with Crippen LogP contribution >= 0.6 is 0 Å². The van der Waals surface area contributed by atoms with Crippen molar-refractivity contribution in [1.29, 1.82) is 0 Å². The fourth-order valence-corrected chi connectivity index (χ4v) is 1.62. The van der Waals surface area contributed by atoms with Crippen LogP contribution < -0.4 is 10.0 Å². The van der Waals surface area contributed by atoms with Crippen LogP contribution in [0.1, 0.15) is 6.92 Å². The van der Waals surface area contributed by atoms with Gasteiger partial charge < -0.3 is 5.32 Å². The molecular weight excluding hydrogens is 202 g/mol. The van der Waals surface area contributed by atoms with Gasteiger partial charge >= 0.3 is 0 Å². The van der Waals surface area contributed by atoms with Gasteiger partial charge in [0.25, 0.3) is 0 Å². The Morgan fingerprint density at radius 3 is 2.57 bits per heavy atom. The minimum absolute atomic E-state index is 0.168. The van der Waals surface area contributed by atoms with Crippen molar-refractivity contribution < 1.29 is 8.42 Å². The Bertz CT molecular complexity index is 386. The number of nitrogens with zero attached hydrogens (tertiary/aromatic N) is 1. The molecule has 6 heteroatoms. The van der Waals surface area contributed by atoms with E-state index < -0.39 is 10.0 Å². The van der Waals surface area contributed by atoms with Gasteiger partial charge in [0.2, 0.25) is 10.0 Å². The highest BCUT2D eigenvalue weighted by Crippen LogP contribution is 2.09. The van der Waals surface area contributed by atoms with Gasteiger partial charge in [0.15, 0.2) is 0 Å². The van der Waals surface area contributed by atoms with Gasteiger partial charge in [-0.2, -0.15) is 0 Å². The van der Waals surface area contributed by atoms with Gasteiger partial charge in [-0.1, -0.05) is 0 Å². The van der Waals surface area contributed by atoms with E-state index in [1.165, 1.54) is 19.3 Å². The summed E-state index contributed by atoms with van der Waals surface area (Å²) in [5, 5.41) is 2.98. The SMILES string of the molecule is CCNc1ccc(S(=O)(=O)NC)cn1. The van der Waals surface area contributed by atoms with Gasteiger partial charge in [-0.15, -0.1) is 0 Å². The highest BCUT2D eigenvalue weighted by molar-refractivity contribution is 7.89. The molecule has 0 bridgehead atoms. The highest BCUT2D eigenvalue weighted by atomic mass is 32.2. The Morgan fingerprint density at radius 1 is 1.43 bits per heavy atom. The maximum atomic E-state index is 11.3. The summed E-state index contributed by atoms with van der Waals surface area (Å²) < 4.78 is 24.8. The van der Waals surface area contributed by atoms with Crippen LogP contribution in [0.2, 0.25) is 0 Å². The van der Waals surface area contributed by atoms with E-state index in [0.29, 0.717) is 5.82 Å². The van der Waals surface area contributed by atoms with Crippen molar-refractivity contribution in [2.24, 2.45) is 0 Å². The van der Waals surface area contributed by atoms with Crippen molar-refractivity contribution in [3.63, 3.8) is 0 Å². The third-order valence-electron chi connectivity index (χ3n) is 1.67. The van der Waals surface area contributed by atoms with Crippen LogP contribution in [0, 0.1) is 0 Å². The van der Waals surface area contributed by atoms with Crippen LogP contribution in [0.4, 0.5) is 5.82 Å². The second kappa shape index (κ2) is 4.39. The van der Waals surface area contributed by atoms with E-state index in [4.69, 9.17) is 0 Å². The molecule has 1 rings (SSSR count). The summed E-state index contributed by atoms with van der Waals surface area (Å²) in [6, 6.07) is 3.14. The third-order valence-corrected chi connectivity index (χ3v) is 3.07. The van der Waals surface area contributed by atoms with Crippen molar-refractivity contribution in [1.82, 2.24) is 9.71 Å². The Labute approximate surface area is 83.6 Å². The molecule has 0 spiro atoms. The van der Waals surface area contributed by atoms with Crippen LogP contribution in [0.25, 0.3) is 0 Å². The van der Waals surface area contributed by atoms with Gasteiger partial charge in [-0.05, 0) is 26.1 Å². The average molecular weight is 215 g/mol. The first-order chi connectivity index (χ1) is 6.60. The summed E-state index contributed by atoms with van der Waals surface area (Å²) >= 11 is 0. The summed E-state index contributed by atoms with van der Waals surface area (Å²) in [6.45, 7) is 2.70. The van der Waals surface area contributed by atoms with E-state index in [-0.39, 0.29) is 4.90 Å². The molecule has 0 fully saturated rings. The lowest BCUT2D eigenvalue weighted by Gasteiger charge is -2.04. The van der Waals surface area contributed by atoms with E-state index in [9.17, 15) is 8.42 Å². The predicted octanol–water partition coefficient (Wildman–Crippen LogP) is 0.421. The molecule has 0 aliphatic rings. The lowest BCUT2D eigenvalue weighted by atomic mass is 10.4. The van der Waals surface area contributed by atoms with Gasteiger partial charge in [-0.3, -0.25) is 0 Å². The fourth-order valence-electron chi connectivity index (χ4n) is 0.943. The lowest BCUT2D eigenvalue weighted by Crippen LogP contribution is -2.18. The number of aromatic nitrogens is 1. The first-order valence-corrected chi connectivity index (χ1v) is 5.72. The molecule has 14 heavy (non-hydrogen) atoms. The van der Waals surface area contributed by atoms with E-state index in [1.807, 2.05) is 6.92 Å². The zero-order valence-electron chi connectivity index (χ0n) is 8.11. The van der Waals surface area contributed by atoms with Gasteiger partial charge in [0, 0.05) is 12.7 Å². The molecular formula is C8H13N3O2S. The predicted molar refractivity (Wildman–Crippen MR) is 54.6 cm³/mol. The number of anilines is 1. The molecule has 1 aromatic rings. The Balaban J connectivity index is 2.94. The molecule has 0 saturated carbocycles. The molecule has 0 atom stereocenters. The largest absolute Gasteiger partial charge is 0.370 e. The maximum Gasteiger partial charge on any atom is 0.241 e. The minimum Gasteiger partial charge on any atom is -0.370 e. The molecule has 0 saturated heterocycles. The van der Waals surface area contributed by atoms with E-state index in [0.717, 1.165) is 6.54 Å². The Morgan fingerprint density at radius 2 is 2.14 bits per heavy atom. The number of hydrogen-bond donors (Lipinski definition) is 2. The molecule has 0 aliphatic heterocycles. The second-order valence-electron chi connectivity index (χ2n) is 2.62. The molecule has 0 radical (unpaired) electrons. The van der Waals surface area contributed by atoms with E-state index >= 15 is 0 Å². The maximum absolute atomic E-state index is 11.3. The van der Waals surface area contributed by atoms with Crippen LogP contribution in [0.5, 0.6) is 0 Å². The van der Waals surface area contributed by atoms with Gasteiger partial charge in [0.05, 0.1) is 0 Å². The topological polar surface area (TPSA) is 71.1 Å². The molecule has 1 aromatic heterocycles. The van der Waals surface area contributed by atoms with Gasteiger partial charge in [0.1, 0.15) is 10.7 Å². The summed E-state index contributed by atoms with van der Waals surface area (Å²) in [5.41, 5.74) is 0. The van der Waals surface area contributed by atoms with E-state index in [2.05, 4.69) is 15.0 Å². The number of sulfonamides is 1. The standard InChI is InChI=1S/C8H13N3O2S/c1-3-10-8-5-4-7(6-11-8)14(12,13)9-2/h4-6,9H,3H2,1-2H3,(H,10,11). The zero-order valence-corrected chi connectivity index (χ0v) is 8.93. The van der Waals surface area contributed by atoms with Gasteiger partial charge in [-0.25, -0.2) is 18.1 Å². The average Bonchev–Trinajstić information content (AvgIpc) is 2.19. The lowest BCUT2D eigenvalue weighted by molar-refractivity contribution is 0.588. The molecule has 78 valence electrons. The molecule has 0 aromatic carbocycles. The molecule has 5 nitrogen and oxygen atoms in total. The van der Waals surface area contributed by atoms with Crippen molar-refractivity contribution in [3.05, 3.63) is 18.3 Å². The van der Waals surface area contributed by atoms with Crippen LogP contribution in [0.3, 0.4) is 0 Å². The Hall–Kier alpha value is -1.14. The van der Waals surface area contributed by atoms with Crippen LogP contribution in [-0.2, 0) is 10.0 Å². The van der Waals surface area contributed by atoms with E-state index in [1.54, 1.807) is 6.07 Å². The summed E-state index contributed by atoms with van der Waals surface area (Å²) in [6.07, 6.45) is 1.32. The molecule has 0 unspecified atom stereocenters. The van der Waals surface area contributed by atoms with Crippen molar-refractivity contribution in [3.8, 4) is 0 Å². The molecule has 2 N–H and O–H groups in total. The monoisotopic (exact) mass is 215 g/mol. The third kappa shape index (κ3) is 2.43. The summed E-state index contributed by atoms with van der Waals surface area (Å²) in [4.78, 5) is 4.12. The quantitative estimate of drug-likeness (QED) is 0.763. The van der Waals surface area contributed by atoms with Crippen molar-refractivity contribution in [2.75, 3.05) is 18.9 Å². The normalized spacial score (nSPS) is 11.3. The fraction of sp³-hybridized carbons (Fsp3) is 0.375. The first kappa shape index (κ1) is 10.9. The molecule has 1 heterocycles. The van der Waals surface area contributed by atoms with Crippen LogP contribution in [-0.4, -0.2) is 27.0 Å². The number of nitrogens with one attached hydrogen (secondary N) is 2. The molecule has 0 amide bonds. The Kier molecular flexibility index (Phi) is 3.43. The van der Waals surface area contributed by atoms with Crippen molar-refractivity contribution >= 4 is 15.8 Å². The molecule has 0 aliphatic carbocycles. The highest BCUT2D eigenvalue weighted by Gasteiger charge is 2.10. The minimum atomic E-state index is -3.37. The number of hydrogen-bond acceptors (Lipinski definition) is 4. The number of rotatable bonds is 4. The zero-order chi connectivity index (χ0) is 10.6. The smallest absolute Gasteiger partial charge is 0.241 e. The van der Waals surface area contributed by atoms with Crippen LogP contribution in [0.15, 0.2) is 23.2 Å². The summed E-state index contributed by atoms with van der Waals surface area (Å²) in [7, 11) is -2.00. The second-order valence-corrected chi connectivity index (χ2v) is 4.50. The summed E-state index contributed by atoms with van der Waals surface area (Å²) in [5.74, 6) is 0.669. The number of pyridine rings is 1. The first-order valence-electron chi connectivity index (χ1n) is 4.23. The van der Waals surface area contributed by atoms with Crippen molar-refractivity contribution in [2.45, 2.75) is 11.8 Å².